The molecule has 0 amide bonds. The molecule has 0 aromatic carbocycles. The summed E-state index contributed by atoms with van der Waals surface area (Å²) < 4.78 is 0. The molecule has 1 fully saturated rings. The fraction of sp³-hybridized carbons (Fsp3) is 0.857. The van der Waals surface area contributed by atoms with Crippen molar-refractivity contribution in [2.24, 2.45) is 5.41 Å². The van der Waals surface area contributed by atoms with Crippen LogP contribution in [0.1, 0.15) is 32.6 Å². The summed E-state index contributed by atoms with van der Waals surface area (Å²) in [6.07, 6.45) is 5.39. The van der Waals surface area contributed by atoms with Crippen LogP contribution >= 0.6 is 12.2 Å². The van der Waals surface area contributed by atoms with Crippen LogP contribution in [0.25, 0.3) is 0 Å². The summed E-state index contributed by atoms with van der Waals surface area (Å²) in [5.74, 6) is 0. The van der Waals surface area contributed by atoms with Crippen LogP contribution in [0.3, 0.4) is 0 Å². The maximum absolute atomic E-state index is 4.90. The van der Waals surface area contributed by atoms with Gasteiger partial charge in [0.1, 0.15) is 0 Å². The van der Waals surface area contributed by atoms with Crippen molar-refractivity contribution >= 4 is 17.6 Å². The number of hydrogen-bond acceptors (Lipinski definition) is 1. The van der Waals surface area contributed by atoms with Crippen molar-refractivity contribution in [3.05, 3.63) is 0 Å². The lowest BCUT2D eigenvalue weighted by molar-refractivity contribution is 0.506. The van der Waals surface area contributed by atoms with Gasteiger partial charge in [0.25, 0.3) is 0 Å². The van der Waals surface area contributed by atoms with E-state index in [0.717, 1.165) is 0 Å². The van der Waals surface area contributed by atoms with E-state index in [4.69, 9.17) is 12.2 Å². The second kappa shape index (κ2) is 2.14. The van der Waals surface area contributed by atoms with Gasteiger partial charge in [-0.1, -0.05) is 32.0 Å². The lowest BCUT2D eigenvalue weighted by atomic mass is 9.92. The molecule has 1 aliphatic carbocycles. The van der Waals surface area contributed by atoms with Crippen molar-refractivity contribution in [3.63, 3.8) is 0 Å². The van der Waals surface area contributed by atoms with Crippen LogP contribution in [-0.2, 0) is 0 Å². The van der Waals surface area contributed by atoms with Crippen molar-refractivity contribution in [1.29, 1.82) is 0 Å². The molecule has 1 rings (SSSR count). The minimum absolute atomic E-state index is 0.426. The first-order chi connectivity index (χ1) is 3.77. The zero-order valence-electron chi connectivity index (χ0n) is 5.31. The van der Waals surface area contributed by atoms with Crippen LogP contribution in [0.5, 0.6) is 0 Å². The van der Waals surface area contributed by atoms with Gasteiger partial charge in [0.15, 0.2) is 0 Å². The largest absolute Gasteiger partial charge is 0.0929 e. The van der Waals surface area contributed by atoms with Gasteiger partial charge < -0.3 is 0 Å². The van der Waals surface area contributed by atoms with Gasteiger partial charge in [0.05, 0.1) is 0 Å². The Kier molecular flexibility index (Phi) is 1.66. The zero-order valence-corrected chi connectivity index (χ0v) is 6.13. The van der Waals surface area contributed by atoms with E-state index < -0.39 is 0 Å². The quantitative estimate of drug-likeness (QED) is 0.489. The summed E-state index contributed by atoms with van der Waals surface area (Å²) in [7, 11) is 0. The van der Waals surface area contributed by atoms with Gasteiger partial charge in [-0.15, -0.1) is 0 Å². The fourth-order valence-corrected chi connectivity index (χ4v) is 1.54. The number of hydrogen-bond donors (Lipinski definition) is 0. The summed E-state index contributed by atoms with van der Waals surface area (Å²) in [5.41, 5.74) is 0.426. The van der Waals surface area contributed by atoms with Gasteiger partial charge in [-0.2, -0.15) is 0 Å². The Bertz CT molecular complexity index is 90.6. The van der Waals surface area contributed by atoms with Crippen molar-refractivity contribution < 1.29 is 0 Å². The van der Waals surface area contributed by atoms with Gasteiger partial charge in [0, 0.05) is 0 Å². The summed E-state index contributed by atoms with van der Waals surface area (Å²) >= 11 is 4.90. The standard InChI is InChI=1S/C7H12S/c1-7(6-8)4-2-3-5-7/h6H,2-5H2,1H3. The van der Waals surface area contributed by atoms with E-state index in [0.29, 0.717) is 5.41 Å². The Labute approximate surface area is 56.3 Å². The van der Waals surface area contributed by atoms with Gasteiger partial charge >= 0.3 is 0 Å². The lowest BCUT2D eigenvalue weighted by Gasteiger charge is -2.14. The average Bonchev–Trinajstić information content (AvgIpc) is 2.17. The minimum atomic E-state index is 0.426. The third-order valence-corrected chi connectivity index (χ3v) is 2.60. The smallest absolute Gasteiger partial charge is 0.00419 e. The molecule has 0 unspecified atom stereocenters. The predicted molar refractivity (Wildman–Crippen MR) is 40.2 cm³/mol. The molecule has 0 aromatic heterocycles. The minimum Gasteiger partial charge on any atom is -0.0929 e. The van der Waals surface area contributed by atoms with Crippen molar-refractivity contribution in [2.45, 2.75) is 32.6 Å². The first-order valence-electron chi connectivity index (χ1n) is 3.23. The first kappa shape index (κ1) is 6.21. The predicted octanol–water partition coefficient (Wildman–Crippen LogP) is 2.57. The van der Waals surface area contributed by atoms with E-state index in [1.807, 2.05) is 5.37 Å². The SMILES string of the molecule is CC1(C=S)CCCC1. The summed E-state index contributed by atoms with van der Waals surface area (Å²) in [6, 6.07) is 0. The maximum Gasteiger partial charge on any atom is -0.00419 e. The van der Waals surface area contributed by atoms with Crippen LogP contribution in [0.2, 0.25) is 0 Å². The third kappa shape index (κ3) is 1.08. The highest BCUT2D eigenvalue weighted by molar-refractivity contribution is 7.79. The molecule has 0 nitrogen and oxygen atoms in total. The van der Waals surface area contributed by atoms with Crippen molar-refractivity contribution in [3.8, 4) is 0 Å². The molecule has 0 radical (unpaired) electrons. The molecule has 0 aliphatic heterocycles. The highest BCUT2D eigenvalue weighted by atomic mass is 32.1. The summed E-state index contributed by atoms with van der Waals surface area (Å²) in [5, 5.41) is 1.94. The molecule has 0 saturated heterocycles. The van der Waals surface area contributed by atoms with Crippen LogP contribution < -0.4 is 0 Å². The van der Waals surface area contributed by atoms with Crippen LogP contribution in [0, 0.1) is 5.41 Å². The zero-order chi connectivity index (χ0) is 6.04. The average molecular weight is 128 g/mol. The molecule has 46 valence electrons. The summed E-state index contributed by atoms with van der Waals surface area (Å²) in [6.45, 7) is 2.26. The molecular weight excluding hydrogens is 116 g/mol. The third-order valence-electron chi connectivity index (χ3n) is 2.03. The molecule has 0 bridgehead atoms. The Morgan fingerprint density at radius 3 is 2.12 bits per heavy atom. The lowest BCUT2D eigenvalue weighted by Crippen LogP contribution is -2.09. The van der Waals surface area contributed by atoms with E-state index in [1.165, 1.54) is 25.7 Å². The van der Waals surface area contributed by atoms with E-state index in [9.17, 15) is 0 Å². The van der Waals surface area contributed by atoms with Crippen molar-refractivity contribution in [2.75, 3.05) is 0 Å². The first-order valence-corrected chi connectivity index (χ1v) is 3.70. The molecule has 0 spiro atoms. The Hall–Kier alpha value is 0.0900. The summed E-state index contributed by atoms with van der Waals surface area (Å²) in [4.78, 5) is 0. The molecular formula is C7H12S. The highest BCUT2D eigenvalue weighted by Gasteiger charge is 2.25. The Balaban J connectivity index is 2.52. The topological polar surface area (TPSA) is 0 Å². The molecule has 0 N–H and O–H groups in total. The number of rotatable bonds is 1. The molecule has 8 heavy (non-hydrogen) atoms. The van der Waals surface area contributed by atoms with Gasteiger partial charge in [0.2, 0.25) is 0 Å². The molecule has 1 heteroatoms. The van der Waals surface area contributed by atoms with E-state index in [2.05, 4.69) is 6.92 Å². The monoisotopic (exact) mass is 128 g/mol. The van der Waals surface area contributed by atoms with Crippen LogP contribution in [0.15, 0.2) is 0 Å². The van der Waals surface area contributed by atoms with E-state index >= 15 is 0 Å². The molecule has 1 aliphatic rings. The van der Waals surface area contributed by atoms with Crippen molar-refractivity contribution in [1.82, 2.24) is 0 Å². The Morgan fingerprint density at radius 1 is 1.38 bits per heavy atom. The van der Waals surface area contributed by atoms with E-state index in [1.54, 1.807) is 0 Å². The second-order valence-corrected chi connectivity index (χ2v) is 3.21. The molecule has 0 aromatic rings. The molecule has 1 saturated carbocycles. The fourth-order valence-electron chi connectivity index (χ4n) is 1.30. The molecule has 0 atom stereocenters. The normalized spacial score (nSPS) is 25.6. The Morgan fingerprint density at radius 2 is 1.88 bits per heavy atom. The van der Waals surface area contributed by atoms with Crippen LogP contribution in [-0.4, -0.2) is 5.37 Å². The number of thiocarbonyl (C=S) groups is 1. The maximum atomic E-state index is 4.90. The van der Waals surface area contributed by atoms with Gasteiger partial charge in [-0.05, 0) is 23.6 Å². The van der Waals surface area contributed by atoms with E-state index in [-0.39, 0.29) is 0 Å². The highest BCUT2D eigenvalue weighted by Crippen LogP contribution is 2.35. The van der Waals surface area contributed by atoms with Gasteiger partial charge in [-0.3, -0.25) is 0 Å². The molecule has 0 heterocycles. The second-order valence-electron chi connectivity index (χ2n) is 2.98. The van der Waals surface area contributed by atoms with Crippen LogP contribution in [0.4, 0.5) is 0 Å². The van der Waals surface area contributed by atoms with Gasteiger partial charge in [-0.25, -0.2) is 0 Å².